The number of carbonyl (C=O) groups is 1. The fraction of sp³-hybridized carbons (Fsp3) is 0.217. The number of anilines is 2. The Morgan fingerprint density at radius 1 is 1.10 bits per heavy atom. The standard InChI is InChI=1S/C23H23FN4OS/c1-3-15-8-6-9-16(4-2)20(15)26-22(29)19-12-18-21(27-28-23(18)30-19)25-13-14-7-5-10-17(24)11-14/h5-12H,3-4,13H2,1-2H3,(H,26,29)(H2,25,27,28). The van der Waals surface area contributed by atoms with Crippen molar-refractivity contribution < 1.29 is 9.18 Å². The summed E-state index contributed by atoms with van der Waals surface area (Å²) < 4.78 is 13.4. The van der Waals surface area contributed by atoms with Gasteiger partial charge >= 0.3 is 0 Å². The van der Waals surface area contributed by atoms with Crippen molar-refractivity contribution >= 4 is 39.0 Å². The number of H-pyrrole nitrogens is 1. The van der Waals surface area contributed by atoms with E-state index >= 15 is 0 Å². The van der Waals surface area contributed by atoms with Gasteiger partial charge in [-0.3, -0.25) is 9.89 Å². The third-order valence-electron chi connectivity index (χ3n) is 5.07. The van der Waals surface area contributed by atoms with Crippen molar-refractivity contribution in [2.45, 2.75) is 33.2 Å². The smallest absolute Gasteiger partial charge is 0.265 e. The van der Waals surface area contributed by atoms with Crippen molar-refractivity contribution in [1.82, 2.24) is 10.2 Å². The van der Waals surface area contributed by atoms with Crippen LogP contribution < -0.4 is 10.6 Å². The highest BCUT2D eigenvalue weighted by Gasteiger charge is 2.17. The molecule has 1 amide bonds. The summed E-state index contributed by atoms with van der Waals surface area (Å²) >= 11 is 1.34. The fourth-order valence-corrected chi connectivity index (χ4v) is 4.36. The number of aryl methyl sites for hydroxylation is 2. The average Bonchev–Trinajstić information content (AvgIpc) is 3.33. The van der Waals surface area contributed by atoms with Gasteiger partial charge in [-0.1, -0.05) is 44.2 Å². The largest absolute Gasteiger partial charge is 0.366 e. The summed E-state index contributed by atoms with van der Waals surface area (Å²) in [5.74, 6) is 0.315. The van der Waals surface area contributed by atoms with Gasteiger partial charge in [0.1, 0.15) is 16.5 Å². The molecule has 0 saturated heterocycles. The van der Waals surface area contributed by atoms with Crippen molar-refractivity contribution in [3.8, 4) is 0 Å². The first-order valence-electron chi connectivity index (χ1n) is 9.97. The molecule has 0 radical (unpaired) electrons. The molecule has 0 aliphatic heterocycles. The van der Waals surface area contributed by atoms with E-state index in [9.17, 15) is 9.18 Å². The molecule has 0 bridgehead atoms. The highest BCUT2D eigenvalue weighted by atomic mass is 32.1. The zero-order valence-electron chi connectivity index (χ0n) is 16.9. The number of nitrogens with one attached hydrogen (secondary N) is 3. The molecule has 2 aromatic carbocycles. The van der Waals surface area contributed by atoms with Crippen LogP contribution in [0.15, 0.2) is 48.5 Å². The Morgan fingerprint density at radius 3 is 2.53 bits per heavy atom. The Labute approximate surface area is 178 Å². The number of aromatic amines is 1. The molecule has 0 unspecified atom stereocenters. The van der Waals surface area contributed by atoms with Crippen LogP contribution in [-0.4, -0.2) is 16.1 Å². The van der Waals surface area contributed by atoms with E-state index in [2.05, 4.69) is 34.7 Å². The minimum Gasteiger partial charge on any atom is -0.366 e. The van der Waals surface area contributed by atoms with E-state index in [1.54, 1.807) is 6.07 Å². The maximum Gasteiger partial charge on any atom is 0.265 e. The van der Waals surface area contributed by atoms with Crippen LogP contribution in [0.25, 0.3) is 10.2 Å². The van der Waals surface area contributed by atoms with E-state index in [0.717, 1.165) is 45.4 Å². The molecule has 2 aromatic heterocycles. The number of thiophene rings is 1. The predicted molar refractivity (Wildman–Crippen MR) is 121 cm³/mol. The molecule has 0 saturated carbocycles. The Morgan fingerprint density at radius 2 is 1.83 bits per heavy atom. The third kappa shape index (κ3) is 4.07. The Balaban J connectivity index is 1.54. The Bertz CT molecular complexity index is 1170. The monoisotopic (exact) mass is 422 g/mol. The molecule has 4 rings (SSSR count). The van der Waals surface area contributed by atoms with E-state index in [1.165, 1.54) is 23.5 Å². The van der Waals surface area contributed by atoms with Crippen molar-refractivity contribution in [2.75, 3.05) is 10.6 Å². The van der Waals surface area contributed by atoms with Crippen molar-refractivity contribution in [3.05, 3.63) is 75.9 Å². The maximum absolute atomic E-state index is 13.4. The number of carbonyl (C=O) groups excluding carboxylic acids is 1. The molecule has 0 fully saturated rings. The van der Waals surface area contributed by atoms with Crippen LogP contribution >= 0.6 is 11.3 Å². The summed E-state index contributed by atoms with van der Waals surface area (Å²) in [5, 5.41) is 14.4. The van der Waals surface area contributed by atoms with Gasteiger partial charge in [0.15, 0.2) is 0 Å². The van der Waals surface area contributed by atoms with Crippen molar-refractivity contribution in [1.29, 1.82) is 0 Å². The summed E-state index contributed by atoms with van der Waals surface area (Å²) in [6.07, 6.45) is 1.71. The second kappa shape index (κ2) is 8.67. The summed E-state index contributed by atoms with van der Waals surface area (Å²) in [5.41, 5.74) is 3.99. The molecular weight excluding hydrogens is 399 g/mol. The Kier molecular flexibility index (Phi) is 5.81. The molecule has 0 spiro atoms. The molecule has 0 aliphatic carbocycles. The molecule has 4 aromatic rings. The first-order chi connectivity index (χ1) is 14.6. The normalized spacial score (nSPS) is 11.0. The van der Waals surface area contributed by atoms with E-state index < -0.39 is 0 Å². The summed E-state index contributed by atoms with van der Waals surface area (Å²) in [7, 11) is 0. The topological polar surface area (TPSA) is 69.8 Å². The van der Waals surface area contributed by atoms with Gasteiger partial charge in [-0.2, -0.15) is 5.10 Å². The molecular formula is C23H23FN4OS. The van der Waals surface area contributed by atoms with Gasteiger partial charge < -0.3 is 10.6 Å². The number of halogens is 1. The van der Waals surface area contributed by atoms with Gasteiger partial charge in [0.25, 0.3) is 5.91 Å². The molecule has 154 valence electrons. The number of aromatic nitrogens is 2. The van der Waals surface area contributed by atoms with E-state index in [1.807, 2.05) is 30.3 Å². The maximum atomic E-state index is 13.4. The van der Waals surface area contributed by atoms with Crippen molar-refractivity contribution in [2.24, 2.45) is 0 Å². The summed E-state index contributed by atoms with van der Waals surface area (Å²) in [6, 6.07) is 14.4. The number of amides is 1. The van der Waals surface area contributed by atoms with Crippen molar-refractivity contribution in [3.63, 3.8) is 0 Å². The number of rotatable bonds is 7. The van der Waals surface area contributed by atoms with Crippen LogP contribution in [0.1, 0.15) is 40.2 Å². The predicted octanol–water partition coefficient (Wildman–Crippen LogP) is 5.75. The second-order valence-corrected chi connectivity index (χ2v) is 8.05. The molecule has 0 atom stereocenters. The van der Waals surface area contributed by atoms with Gasteiger partial charge in [-0.05, 0) is 47.7 Å². The SMILES string of the molecule is CCc1cccc(CC)c1NC(=O)c1cc2c(NCc3cccc(F)c3)[nH]nc2s1. The summed E-state index contributed by atoms with van der Waals surface area (Å²) in [4.78, 5) is 14.3. The third-order valence-corrected chi connectivity index (χ3v) is 6.10. The molecule has 3 N–H and O–H groups in total. The van der Waals surface area contributed by atoms with Crippen LogP contribution in [0.2, 0.25) is 0 Å². The number of benzene rings is 2. The lowest BCUT2D eigenvalue weighted by molar-refractivity contribution is 0.103. The van der Waals surface area contributed by atoms with Crippen LogP contribution in [0.5, 0.6) is 0 Å². The van der Waals surface area contributed by atoms with Gasteiger partial charge in [0.2, 0.25) is 0 Å². The van der Waals surface area contributed by atoms with Crippen LogP contribution in [0.3, 0.4) is 0 Å². The van der Waals surface area contributed by atoms with E-state index in [-0.39, 0.29) is 11.7 Å². The van der Waals surface area contributed by atoms with Crippen LogP contribution in [0.4, 0.5) is 15.9 Å². The zero-order valence-corrected chi connectivity index (χ0v) is 17.7. The first kappa shape index (κ1) is 20.1. The van der Waals surface area contributed by atoms with Gasteiger partial charge in [0, 0.05) is 12.2 Å². The second-order valence-electron chi connectivity index (χ2n) is 7.02. The number of fused-ring (bicyclic) bond motifs is 1. The minimum atomic E-state index is -0.266. The fourth-order valence-electron chi connectivity index (χ4n) is 3.47. The number of hydrogen-bond donors (Lipinski definition) is 3. The minimum absolute atomic E-state index is 0.135. The number of para-hydroxylation sites is 1. The molecule has 5 nitrogen and oxygen atoms in total. The average molecular weight is 423 g/mol. The lowest BCUT2D eigenvalue weighted by atomic mass is 10.0. The molecule has 0 aliphatic rings. The molecule has 2 heterocycles. The highest BCUT2D eigenvalue weighted by molar-refractivity contribution is 7.20. The number of nitrogens with zero attached hydrogens (tertiary/aromatic N) is 1. The van der Waals surface area contributed by atoms with Gasteiger partial charge in [0.05, 0.1) is 10.3 Å². The summed E-state index contributed by atoms with van der Waals surface area (Å²) in [6.45, 7) is 4.62. The first-order valence-corrected chi connectivity index (χ1v) is 10.8. The van der Waals surface area contributed by atoms with E-state index in [4.69, 9.17) is 0 Å². The zero-order chi connectivity index (χ0) is 21.1. The lowest BCUT2D eigenvalue weighted by Crippen LogP contribution is -2.13. The number of hydrogen-bond acceptors (Lipinski definition) is 4. The van der Waals surface area contributed by atoms with Crippen LogP contribution in [-0.2, 0) is 19.4 Å². The molecule has 30 heavy (non-hydrogen) atoms. The van der Waals surface area contributed by atoms with E-state index in [0.29, 0.717) is 17.2 Å². The quantitative estimate of drug-likeness (QED) is 0.355. The van der Waals surface area contributed by atoms with Crippen LogP contribution in [0, 0.1) is 5.82 Å². The van der Waals surface area contributed by atoms with Gasteiger partial charge in [-0.15, -0.1) is 11.3 Å². The molecule has 7 heteroatoms. The highest BCUT2D eigenvalue weighted by Crippen LogP contribution is 2.31. The van der Waals surface area contributed by atoms with Gasteiger partial charge in [-0.25, -0.2) is 4.39 Å². The lowest BCUT2D eigenvalue weighted by Gasteiger charge is -2.13. The Hall–Kier alpha value is -3.19.